The Morgan fingerprint density at radius 1 is 1.21 bits per heavy atom. The van der Waals surface area contributed by atoms with Crippen LogP contribution < -0.4 is 5.32 Å². The van der Waals surface area contributed by atoms with Crippen molar-refractivity contribution < 1.29 is 4.79 Å². The molecule has 0 bridgehead atoms. The first-order valence-corrected chi connectivity index (χ1v) is 6.94. The molecule has 3 nitrogen and oxygen atoms in total. The average Bonchev–Trinajstić information content (AvgIpc) is 2.38. The van der Waals surface area contributed by atoms with Crippen LogP contribution in [0.4, 0.5) is 0 Å². The summed E-state index contributed by atoms with van der Waals surface area (Å²) in [5, 5.41) is 3.04. The zero-order valence-electron chi connectivity index (χ0n) is 12.7. The molecule has 0 spiro atoms. The molecule has 0 aliphatic carbocycles. The van der Waals surface area contributed by atoms with Crippen LogP contribution in [0.1, 0.15) is 37.8 Å². The van der Waals surface area contributed by atoms with E-state index in [9.17, 15) is 4.79 Å². The Labute approximate surface area is 117 Å². The fourth-order valence-corrected chi connectivity index (χ4v) is 2.13. The average molecular weight is 262 g/mol. The SMILES string of the molecule is CNCC(C)C(=O)N(C)Cc1ccc(C(C)C)cc1. The summed E-state index contributed by atoms with van der Waals surface area (Å²) in [4.78, 5) is 13.9. The highest BCUT2D eigenvalue weighted by Crippen LogP contribution is 2.15. The second-order valence-electron chi connectivity index (χ2n) is 5.55. The van der Waals surface area contributed by atoms with Crippen LogP contribution in [0, 0.1) is 5.92 Å². The van der Waals surface area contributed by atoms with E-state index in [0.717, 1.165) is 6.54 Å². The molecule has 1 aromatic carbocycles. The zero-order chi connectivity index (χ0) is 14.4. The second-order valence-corrected chi connectivity index (χ2v) is 5.55. The van der Waals surface area contributed by atoms with Gasteiger partial charge in [0.05, 0.1) is 0 Å². The molecule has 1 atom stereocenters. The number of hydrogen-bond donors (Lipinski definition) is 1. The Balaban J connectivity index is 2.61. The van der Waals surface area contributed by atoms with E-state index in [1.165, 1.54) is 11.1 Å². The summed E-state index contributed by atoms with van der Waals surface area (Å²) in [6.07, 6.45) is 0. The van der Waals surface area contributed by atoms with Gasteiger partial charge < -0.3 is 10.2 Å². The van der Waals surface area contributed by atoms with Crippen molar-refractivity contribution in [2.45, 2.75) is 33.2 Å². The third kappa shape index (κ3) is 4.67. The first-order chi connectivity index (χ1) is 8.95. The van der Waals surface area contributed by atoms with Crippen LogP contribution in [0.3, 0.4) is 0 Å². The monoisotopic (exact) mass is 262 g/mol. The van der Waals surface area contributed by atoms with Crippen molar-refractivity contribution in [2.75, 3.05) is 20.6 Å². The lowest BCUT2D eigenvalue weighted by Gasteiger charge is -2.21. The summed E-state index contributed by atoms with van der Waals surface area (Å²) in [5.74, 6) is 0.747. The van der Waals surface area contributed by atoms with Crippen molar-refractivity contribution in [2.24, 2.45) is 5.92 Å². The highest BCUT2D eigenvalue weighted by Gasteiger charge is 2.16. The molecule has 0 aromatic heterocycles. The standard InChI is InChI=1S/C16H26N2O/c1-12(2)15-8-6-14(7-9-15)11-18(5)16(19)13(3)10-17-4/h6-9,12-13,17H,10-11H2,1-5H3. The van der Waals surface area contributed by atoms with E-state index in [2.05, 4.69) is 43.4 Å². The molecule has 0 heterocycles. The molecule has 0 aliphatic heterocycles. The highest BCUT2D eigenvalue weighted by atomic mass is 16.2. The van der Waals surface area contributed by atoms with E-state index in [1.54, 1.807) is 4.90 Å². The lowest BCUT2D eigenvalue weighted by molar-refractivity contribution is -0.134. The van der Waals surface area contributed by atoms with E-state index in [0.29, 0.717) is 12.5 Å². The van der Waals surface area contributed by atoms with Gasteiger partial charge in [-0.15, -0.1) is 0 Å². The first kappa shape index (κ1) is 15.7. The number of carbonyl (C=O) groups is 1. The van der Waals surface area contributed by atoms with Gasteiger partial charge in [0.2, 0.25) is 5.91 Å². The highest BCUT2D eigenvalue weighted by molar-refractivity contribution is 5.78. The van der Waals surface area contributed by atoms with Crippen LogP contribution in [0.2, 0.25) is 0 Å². The second kappa shape index (κ2) is 7.29. The van der Waals surface area contributed by atoms with Crippen molar-refractivity contribution in [3.05, 3.63) is 35.4 Å². The zero-order valence-corrected chi connectivity index (χ0v) is 12.7. The van der Waals surface area contributed by atoms with E-state index < -0.39 is 0 Å². The molecule has 0 fully saturated rings. The molecular formula is C16H26N2O. The molecule has 1 aromatic rings. The van der Waals surface area contributed by atoms with Crippen LogP contribution >= 0.6 is 0 Å². The van der Waals surface area contributed by atoms with Crippen LogP contribution in [-0.2, 0) is 11.3 Å². The number of amides is 1. The van der Waals surface area contributed by atoms with Crippen molar-refractivity contribution in [3.8, 4) is 0 Å². The summed E-state index contributed by atoms with van der Waals surface area (Å²) in [5.41, 5.74) is 2.51. The molecule has 0 aliphatic rings. The third-order valence-corrected chi connectivity index (χ3v) is 3.37. The van der Waals surface area contributed by atoms with E-state index in [1.807, 2.05) is 21.0 Å². The predicted molar refractivity (Wildman–Crippen MR) is 80.1 cm³/mol. The van der Waals surface area contributed by atoms with Crippen molar-refractivity contribution in [1.29, 1.82) is 0 Å². The van der Waals surface area contributed by atoms with E-state index in [4.69, 9.17) is 0 Å². The Hall–Kier alpha value is -1.35. The summed E-state index contributed by atoms with van der Waals surface area (Å²) in [6, 6.07) is 8.52. The maximum absolute atomic E-state index is 12.1. The normalized spacial score (nSPS) is 12.5. The molecule has 0 radical (unpaired) electrons. The summed E-state index contributed by atoms with van der Waals surface area (Å²) < 4.78 is 0. The molecule has 1 rings (SSSR count). The molecule has 106 valence electrons. The molecule has 1 N–H and O–H groups in total. The minimum atomic E-state index is 0.0185. The van der Waals surface area contributed by atoms with Gasteiger partial charge in [0.1, 0.15) is 0 Å². The molecule has 0 saturated heterocycles. The van der Waals surface area contributed by atoms with Crippen LogP contribution in [0.5, 0.6) is 0 Å². The first-order valence-electron chi connectivity index (χ1n) is 6.94. The fourth-order valence-electron chi connectivity index (χ4n) is 2.13. The molecule has 1 unspecified atom stereocenters. The van der Waals surface area contributed by atoms with E-state index >= 15 is 0 Å². The Morgan fingerprint density at radius 2 is 1.79 bits per heavy atom. The van der Waals surface area contributed by atoms with Gasteiger partial charge in [-0.2, -0.15) is 0 Å². The molecule has 19 heavy (non-hydrogen) atoms. The number of hydrogen-bond acceptors (Lipinski definition) is 2. The lowest BCUT2D eigenvalue weighted by Crippen LogP contribution is -2.35. The minimum absolute atomic E-state index is 0.0185. The fraction of sp³-hybridized carbons (Fsp3) is 0.562. The van der Waals surface area contributed by atoms with Crippen LogP contribution in [0.15, 0.2) is 24.3 Å². The van der Waals surface area contributed by atoms with Gasteiger partial charge in [-0.25, -0.2) is 0 Å². The topological polar surface area (TPSA) is 32.3 Å². The van der Waals surface area contributed by atoms with Gasteiger partial charge in [-0.3, -0.25) is 4.79 Å². The number of rotatable bonds is 6. The van der Waals surface area contributed by atoms with Gasteiger partial charge in [0, 0.05) is 26.1 Å². The van der Waals surface area contributed by atoms with Gasteiger partial charge in [0.15, 0.2) is 0 Å². The number of benzene rings is 1. The quantitative estimate of drug-likeness (QED) is 0.854. The lowest BCUT2D eigenvalue weighted by atomic mass is 10.0. The molecular weight excluding hydrogens is 236 g/mol. The van der Waals surface area contributed by atoms with Gasteiger partial charge >= 0.3 is 0 Å². The number of carbonyl (C=O) groups excluding carboxylic acids is 1. The largest absolute Gasteiger partial charge is 0.341 e. The van der Waals surface area contributed by atoms with Gasteiger partial charge in [-0.05, 0) is 24.1 Å². The minimum Gasteiger partial charge on any atom is -0.341 e. The number of nitrogens with one attached hydrogen (secondary N) is 1. The maximum Gasteiger partial charge on any atom is 0.226 e. The summed E-state index contributed by atoms with van der Waals surface area (Å²) in [7, 11) is 3.74. The molecule has 0 saturated carbocycles. The Kier molecular flexibility index (Phi) is 6.03. The van der Waals surface area contributed by atoms with Crippen molar-refractivity contribution >= 4 is 5.91 Å². The molecule has 3 heteroatoms. The van der Waals surface area contributed by atoms with Crippen LogP contribution in [0.25, 0.3) is 0 Å². The van der Waals surface area contributed by atoms with Crippen LogP contribution in [-0.4, -0.2) is 31.4 Å². The summed E-state index contributed by atoms with van der Waals surface area (Å²) >= 11 is 0. The van der Waals surface area contributed by atoms with E-state index in [-0.39, 0.29) is 11.8 Å². The Morgan fingerprint density at radius 3 is 2.26 bits per heavy atom. The number of nitrogens with zero attached hydrogens (tertiary/aromatic N) is 1. The third-order valence-electron chi connectivity index (χ3n) is 3.37. The van der Waals surface area contributed by atoms with Crippen molar-refractivity contribution in [1.82, 2.24) is 10.2 Å². The predicted octanol–water partition coefficient (Wildman–Crippen LogP) is 2.62. The summed E-state index contributed by atoms with van der Waals surface area (Å²) in [6.45, 7) is 7.71. The smallest absolute Gasteiger partial charge is 0.226 e. The van der Waals surface area contributed by atoms with Gasteiger partial charge in [-0.1, -0.05) is 45.0 Å². The van der Waals surface area contributed by atoms with Crippen molar-refractivity contribution in [3.63, 3.8) is 0 Å². The maximum atomic E-state index is 12.1. The Bertz CT molecular complexity index is 398. The van der Waals surface area contributed by atoms with Gasteiger partial charge in [0.25, 0.3) is 0 Å². The molecule has 1 amide bonds.